The van der Waals surface area contributed by atoms with Crippen LogP contribution < -0.4 is 0 Å². The molecule has 3 rings (SSSR count). The number of carbonyl (C=O) groups excluding carboxylic acids is 1. The molecule has 3 heteroatoms. The van der Waals surface area contributed by atoms with Crippen molar-refractivity contribution in [1.29, 1.82) is 0 Å². The molecule has 2 saturated carbocycles. The van der Waals surface area contributed by atoms with Gasteiger partial charge in [0.1, 0.15) is 0 Å². The Morgan fingerprint density at radius 1 is 1.00 bits per heavy atom. The van der Waals surface area contributed by atoms with Crippen LogP contribution in [0.4, 0.5) is 0 Å². The molecule has 96 valence electrons. The SMILES string of the molecule is CN(C1CCCCC1)C1CN(C(=O)C2CC2)C1. The van der Waals surface area contributed by atoms with Crippen LogP contribution in [0.3, 0.4) is 0 Å². The first-order chi connectivity index (χ1) is 8.25. The second-order valence-electron chi connectivity index (χ2n) is 6.13. The van der Waals surface area contributed by atoms with Gasteiger partial charge in [0.15, 0.2) is 0 Å². The normalized spacial score (nSPS) is 27.3. The van der Waals surface area contributed by atoms with Gasteiger partial charge in [0.2, 0.25) is 5.91 Å². The fourth-order valence-corrected chi connectivity index (χ4v) is 3.27. The van der Waals surface area contributed by atoms with Gasteiger partial charge in [-0.3, -0.25) is 9.69 Å². The van der Waals surface area contributed by atoms with E-state index in [1.54, 1.807) is 0 Å². The Balaban J connectivity index is 1.45. The van der Waals surface area contributed by atoms with Crippen molar-refractivity contribution in [2.24, 2.45) is 5.92 Å². The molecule has 3 fully saturated rings. The lowest BCUT2D eigenvalue weighted by atomic mass is 9.92. The molecule has 1 aliphatic heterocycles. The van der Waals surface area contributed by atoms with Crippen molar-refractivity contribution in [2.45, 2.75) is 57.0 Å². The van der Waals surface area contributed by atoms with Gasteiger partial charge >= 0.3 is 0 Å². The zero-order valence-corrected chi connectivity index (χ0v) is 10.9. The van der Waals surface area contributed by atoms with Gasteiger partial charge in [-0.15, -0.1) is 0 Å². The van der Waals surface area contributed by atoms with Gasteiger partial charge in [0.05, 0.1) is 0 Å². The summed E-state index contributed by atoms with van der Waals surface area (Å²) in [6, 6.07) is 1.42. The van der Waals surface area contributed by atoms with Crippen LogP contribution in [0.25, 0.3) is 0 Å². The number of rotatable bonds is 3. The van der Waals surface area contributed by atoms with Crippen molar-refractivity contribution >= 4 is 5.91 Å². The van der Waals surface area contributed by atoms with E-state index in [1.165, 1.54) is 32.1 Å². The number of amides is 1. The van der Waals surface area contributed by atoms with Crippen molar-refractivity contribution < 1.29 is 4.79 Å². The molecule has 3 nitrogen and oxygen atoms in total. The molecule has 17 heavy (non-hydrogen) atoms. The Hall–Kier alpha value is -0.570. The Morgan fingerprint density at radius 3 is 2.24 bits per heavy atom. The second kappa shape index (κ2) is 4.60. The van der Waals surface area contributed by atoms with Crippen molar-refractivity contribution in [3.63, 3.8) is 0 Å². The van der Waals surface area contributed by atoms with E-state index in [2.05, 4.69) is 16.8 Å². The first kappa shape index (κ1) is 11.5. The standard InChI is InChI=1S/C14H24N2O/c1-15(12-5-3-2-4-6-12)13-9-16(10-13)14(17)11-7-8-11/h11-13H,2-10H2,1H3. The largest absolute Gasteiger partial charge is 0.339 e. The van der Waals surface area contributed by atoms with Crippen LogP contribution >= 0.6 is 0 Å². The summed E-state index contributed by atoms with van der Waals surface area (Å²) < 4.78 is 0. The maximum absolute atomic E-state index is 11.8. The molecule has 0 unspecified atom stereocenters. The highest BCUT2D eigenvalue weighted by Crippen LogP contribution is 2.33. The molecule has 0 N–H and O–H groups in total. The summed E-state index contributed by atoms with van der Waals surface area (Å²) in [5.74, 6) is 0.828. The number of hydrogen-bond donors (Lipinski definition) is 0. The van der Waals surface area contributed by atoms with Crippen molar-refractivity contribution in [1.82, 2.24) is 9.80 Å². The molecule has 0 aromatic carbocycles. The van der Waals surface area contributed by atoms with E-state index in [0.717, 1.165) is 32.0 Å². The van der Waals surface area contributed by atoms with E-state index in [0.29, 0.717) is 17.9 Å². The van der Waals surface area contributed by atoms with Crippen molar-refractivity contribution in [3.8, 4) is 0 Å². The average molecular weight is 236 g/mol. The Kier molecular flexibility index (Phi) is 3.12. The highest BCUT2D eigenvalue weighted by Gasteiger charge is 2.41. The van der Waals surface area contributed by atoms with Crippen LogP contribution in [-0.2, 0) is 4.79 Å². The summed E-state index contributed by atoms with van der Waals surface area (Å²) in [6.45, 7) is 1.98. The Labute approximate surface area is 104 Å². The minimum atomic E-state index is 0.399. The van der Waals surface area contributed by atoms with Crippen LogP contribution in [0, 0.1) is 5.92 Å². The van der Waals surface area contributed by atoms with E-state index in [4.69, 9.17) is 0 Å². The third-order valence-corrected chi connectivity index (χ3v) is 4.83. The minimum Gasteiger partial charge on any atom is -0.339 e. The van der Waals surface area contributed by atoms with Crippen LogP contribution in [0.2, 0.25) is 0 Å². The monoisotopic (exact) mass is 236 g/mol. The van der Waals surface area contributed by atoms with Gasteiger partial charge in [-0.2, -0.15) is 0 Å². The number of hydrogen-bond acceptors (Lipinski definition) is 2. The summed E-state index contributed by atoms with van der Waals surface area (Å²) in [7, 11) is 2.26. The molecule has 0 atom stereocenters. The van der Waals surface area contributed by atoms with Gasteiger partial charge < -0.3 is 4.90 Å². The molecule has 0 aromatic heterocycles. The van der Waals surface area contributed by atoms with Crippen LogP contribution in [-0.4, -0.2) is 47.9 Å². The first-order valence-corrected chi connectivity index (χ1v) is 7.26. The molecule has 0 spiro atoms. The third kappa shape index (κ3) is 2.35. The fourth-order valence-electron chi connectivity index (χ4n) is 3.27. The molecular formula is C14H24N2O. The lowest BCUT2D eigenvalue weighted by Gasteiger charge is -2.47. The molecule has 0 aromatic rings. The van der Waals surface area contributed by atoms with Crippen LogP contribution in [0.15, 0.2) is 0 Å². The van der Waals surface area contributed by atoms with Crippen LogP contribution in [0.5, 0.6) is 0 Å². The lowest BCUT2D eigenvalue weighted by Crippen LogP contribution is -2.62. The molecule has 1 heterocycles. The Bertz CT molecular complexity index is 289. The lowest BCUT2D eigenvalue weighted by molar-refractivity contribution is -0.140. The van der Waals surface area contributed by atoms with E-state index in [-0.39, 0.29) is 0 Å². The maximum atomic E-state index is 11.8. The van der Waals surface area contributed by atoms with Crippen molar-refractivity contribution in [3.05, 3.63) is 0 Å². The van der Waals surface area contributed by atoms with Gasteiger partial charge in [0, 0.05) is 31.1 Å². The summed E-state index contributed by atoms with van der Waals surface area (Å²) >= 11 is 0. The molecule has 0 bridgehead atoms. The second-order valence-corrected chi connectivity index (χ2v) is 6.13. The summed E-state index contributed by atoms with van der Waals surface area (Å²) in [5, 5.41) is 0. The molecule has 2 aliphatic carbocycles. The average Bonchev–Trinajstić information content (AvgIpc) is 3.11. The molecule has 1 saturated heterocycles. The first-order valence-electron chi connectivity index (χ1n) is 7.26. The van der Waals surface area contributed by atoms with Crippen molar-refractivity contribution in [2.75, 3.05) is 20.1 Å². The zero-order chi connectivity index (χ0) is 11.8. The van der Waals surface area contributed by atoms with E-state index >= 15 is 0 Å². The predicted octanol–water partition coefficient (Wildman–Crippen LogP) is 1.87. The van der Waals surface area contributed by atoms with Gasteiger partial charge in [-0.1, -0.05) is 19.3 Å². The number of carbonyl (C=O) groups is 1. The fraction of sp³-hybridized carbons (Fsp3) is 0.929. The van der Waals surface area contributed by atoms with Gasteiger partial charge in [-0.25, -0.2) is 0 Å². The van der Waals surface area contributed by atoms with Gasteiger partial charge in [0.25, 0.3) is 0 Å². The summed E-state index contributed by atoms with van der Waals surface area (Å²) in [6.07, 6.45) is 9.21. The number of likely N-dealkylation sites (tertiary alicyclic amines) is 1. The smallest absolute Gasteiger partial charge is 0.225 e. The Morgan fingerprint density at radius 2 is 1.65 bits per heavy atom. The van der Waals surface area contributed by atoms with E-state index < -0.39 is 0 Å². The predicted molar refractivity (Wildman–Crippen MR) is 67.7 cm³/mol. The third-order valence-electron chi connectivity index (χ3n) is 4.83. The number of nitrogens with zero attached hydrogens (tertiary/aromatic N) is 2. The number of likely N-dealkylation sites (N-methyl/N-ethyl adjacent to an activating group) is 1. The maximum Gasteiger partial charge on any atom is 0.225 e. The molecule has 1 amide bonds. The zero-order valence-electron chi connectivity index (χ0n) is 10.9. The van der Waals surface area contributed by atoms with E-state index in [1.807, 2.05) is 0 Å². The topological polar surface area (TPSA) is 23.6 Å². The van der Waals surface area contributed by atoms with Gasteiger partial charge in [-0.05, 0) is 32.7 Å². The quantitative estimate of drug-likeness (QED) is 0.747. The highest BCUT2D eigenvalue weighted by atomic mass is 16.2. The minimum absolute atomic E-state index is 0.399. The highest BCUT2D eigenvalue weighted by molar-refractivity contribution is 5.81. The molecule has 3 aliphatic rings. The van der Waals surface area contributed by atoms with E-state index in [9.17, 15) is 4.79 Å². The summed E-state index contributed by atoms with van der Waals surface area (Å²) in [5.41, 5.74) is 0. The summed E-state index contributed by atoms with van der Waals surface area (Å²) in [4.78, 5) is 16.5. The molecular weight excluding hydrogens is 212 g/mol. The van der Waals surface area contributed by atoms with Crippen LogP contribution in [0.1, 0.15) is 44.9 Å². The molecule has 0 radical (unpaired) electrons.